The molecule has 1 atom stereocenters. The lowest BCUT2D eigenvalue weighted by molar-refractivity contribution is -0.127. The molecule has 0 aliphatic rings. The van der Waals surface area contributed by atoms with Gasteiger partial charge in [0.25, 0.3) is 0 Å². The number of carbonyl (C=O) groups excluding carboxylic acids is 2. The fraction of sp³-hybridized carbons (Fsp3) is 0.556. The van der Waals surface area contributed by atoms with Crippen molar-refractivity contribution in [2.75, 3.05) is 13.6 Å². The number of amides is 2. The van der Waals surface area contributed by atoms with Crippen LogP contribution in [0, 0.1) is 5.92 Å². The molecule has 0 saturated carbocycles. The van der Waals surface area contributed by atoms with Crippen molar-refractivity contribution < 1.29 is 18.0 Å². The number of rotatable bonds is 9. The highest BCUT2D eigenvalue weighted by molar-refractivity contribution is 7.89. The predicted molar refractivity (Wildman–Crippen MR) is 111 cm³/mol. The molecule has 160 valence electrons. The lowest BCUT2D eigenvalue weighted by Gasteiger charge is -2.21. The van der Waals surface area contributed by atoms with Crippen molar-refractivity contribution in [3.05, 3.63) is 29.8 Å². The second-order valence-corrected chi connectivity index (χ2v) is 9.02. The standard InChI is InChI=1S/C18H30N4O4S.ClH/c1-12(2)17(19)18(24)21-11-16(23)20-10-14-6-8-15(9-7-14)27(25,26)22(5)13(3)4;/h6-9,12-13,17H,10-11,19H2,1-5H3,(H,20,23)(H,21,24);1H/t17-;/m0./s1. The Hall–Kier alpha value is -1.68. The zero-order valence-electron chi connectivity index (χ0n) is 16.9. The topological polar surface area (TPSA) is 122 Å². The van der Waals surface area contributed by atoms with E-state index in [1.54, 1.807) is 26.0 Å². The van der Waals surface area contributed by atoms with Crippen molar-refractivity contribution in [2.45, 2.75) is 51.2 Å². The van der Waals surface area contributed by atoms with E-state index in [1.165, 1.54) is 23.5 Å². The van der Waals surface area contributed by atoms with Gasteiger partial charge in [-0.3, -0.25) is 9.59 Å². The van der Waals surface area contributed by atoms with Crippen LogP contribution in [0.2, 0.25) is 0 Å². The van der Waals surface area contributed by atoms with Gasteiger partial charge in [0.15, 0.2) is 0 Å². The molecule has 0 aromatic heterocycles. The van der Waals surface area contributed by atoms with Crippen LogP contribution in [0.4, 0.5) is 0 Å². The molecule has 8 nitrogen and oxygen atoms in total. The normalized spacial score (nSPS) is 12.6. The van der Waals surface area contributed by atoms with E-state index in [1.807, 2.05) is 13.8 Å². The van der Waals surface area contributed by atoms with E-state index in [0.717, 1.165) is 5.56 Å². The molecule has 0 heterocycles. The molecule has 0 radical (unpaired) electrons. The quantitative estimate of drug-likeness (QED) is 0.532. The number of nitrogens with one attached hydrogen (secondary N) is 2. The Morgan fingerprint density at radius 3 is 2.07 bits per heavy atom. The first-order valence-electron chi connectivity index (χ1n) is 8.83. The molecular weight excluding hydrogens is 404 g/mol. The van der Waals surface area contributed by atoms with Gasteiger partial charge in [-0.05, 0) is 37.5 Å². The third-order valence-electron chi connectivity index (χ3n) is 4.26. The van der Waals surface area contributed by atoms with Crippen molar-refractivity contribution in [2.24, 2.45) is 11.7 Å². The van der Waals surface area contributed by atoms with E-state index in [9.17, 15) is 18.0 Å². The zero-order chi connectivity index (χ0) is 20.8. The molecule has 0 bridgehead atoms. The lowest BCUT2D eigenvalue weighted by Crippen LogP contribution is -2.47. The highest BCUT2D eigenvalue weighted by Crippen LogP contribution is 2.17. The second kappa shape index (κ2) is 11.4. The first-order chi connectivity index (χ1) is 12.5. The van der Waals surface area contributed by atoms with Gasteiger partial charge in [0.1, 0.15) is 0 Å². The van der Waals surface area contributed by atoms with E-state index in [0.29, 0.717) is 0 Å². The summed E-state index contributed by atoms with van der Waals surface area (Å²) < 4.78 is 26.1. The molecular formula is C18H31ClN4O4S. The van der Waals surface area contributed by atoms with Crippen molar-refractivity contribution >= 4 is 34.2 Å². The summed E-state index contributed by atoms with van der Waals surface area (Å²) in [5.41, 5.74) is 6.45. The Bertz CT molecular complexity index is 751. The van der Waals surface area contributed by atoms with Crippen LogP contribution in [0.25, 0.3) is 0 Å². The van der Waals surface area contributed by atoms with Crippen LogP contribution in [-0.4, -0.2) is 50.2 Å². The fourth-order valence-electron chi connectivity index (χ4n) is 2.07. The van der Waals surface area contributed by atoms with E-state index in [2.05, 4.69) is 10.6 Å². The van der Waals surface area contributed by atoms with Gasteiger partial charge in [0.05, 0.1) is 17.5 Å². The average molecular weight is 435 g/mol. The minimum Gasteiger partial charge on any atom is -0.350 e. The number of hydrogen-bond acceptors (Lipinski definition) is 5. The summed E-state index contributed by atoms with van der Waals surface area (Å²) in [6.45, 7) is 7.32. The maximum atomic E-state index is 12.4. The molecule has 10 heteroatoms. The molecule has 1 rings (SSSR count). The summed E-state index contributed by atoms with van der Waals surface area (Å²) in [5, 5.41) is 5.16. The van der Waals surface area contributed by atoms with Gasteiger partial charge in [0.2, 0.25) is 21.8 Å². The smallest absolute Gasteiger partial charge is 0.243 e. The van der Waals surface area contributed by atoms with Crippen LogP contribution in [0.5, 0.6) is 0 Å². The number of benzene rings is 1. The molecule has 0 aliphatic carbocycles. The number of halogens is 1. The maximum Gasteiger partial charge on any atom is 0.243 e. The zero-order valence-corrected chi connectivity index (χ0v) is 18.6. The molecule has 0 unspecified atom stereocenters. The monoisotopic (exact) mass is 434 g/mol. The van der Waals surface area contributed by atoms with Gasteiger partial charge in [0, 0.05) is 19.6 Å². The van der Waals surface area contributed by atoms with Crippen molar-refractivity contribution in [1.82, 2.24) is 14.9 Å². The van der Waals surface area contributed by atoms with Crippen LogP contribution in [0.1, 0.15) is 33.3 Å². The molecule has 0 spiro atoms. The van der Waals surface area contributed by atoms with Gasteiger partial charge < -0.3 is 16.4 Å². The lowest BCUT2D eigenvalue weighted by atomic mass is 10.1. The highest BCUT2D eigenvalue weighted by atomic mass is 35.5. The van der Waals surface area contributed by atoms with E-state index in [-0.39, 0.29) is 54.2 Å². The average Bonchev–Trinajstić information content (AvgIpc) is 2.63. The minimum absolute atomic E-state index is 0. The summed E-state index contributed by atoms with van der Waals surface area (Å²) >= 11 is 0. The van der Waals surface area contributed by atoms with Crippen LogP contribution >= 0.6 is 12.4 Å². The van der Waals surface area contributed by atoms with Crippen LogP contribution in [0.3, 0.4) is 0 Å². The first-order valence-corrected chi connectivity index (χ1v) is 10.3. The molecule has 0 fully saturated rings. The van der Waals surface area contributed by atoms with Gasteiger partial charge in [-0.1, -0.05) is 26.0 Å². The summed E-state index contributed by atoms with van der Waals surface area (Å²) in [7, 11) is -2.00. The SMILES string of the molecule is CC(C)[C@H](N)C(=O)NCC(=O)NCc1ccc(S(=O)(=O)N(C)C(C)C)cc1.Cl. The van der Waals surface area contributed by atoms with E-state index >= 15 is 0 Å². The molecule has 0 aliphatic heterocycles. The van der Waals surface area contributed by atoms with Gasteiger partial charge in [-0.15, -0.1) is 12.4 Å². The van der Waals surface area contributed by atoms with Crippen LogP contribution in [0.15, 0.2) is 29.2 Å². The molecule has 4 N–H and O–H groups in total. The molecule has 28 heavy (non-hydrogen) atoms. The Labute approximate surface area is 173 Å². The van der Waals surface area contributed by atoms with Crippen molar-refractivity contribution in [1.29, 1.82) is 0 Å². The Morgan fingerprint density at radius 2 is 1.61 bits per heavy atom. The van der Waals surface area contributed by atoms with Crippen LogP contribution < -0.4 is 16.4 Å². The van der Waals surface area contributed by atoms with Gasteiger partial charge in [-0.25, -0.2) is 8.42 Å². The third kappa shape index (κ3) is 7.38. The summed E-state index contributed by atoms with van der Waals surface area (Å²) in [5.74, 6) is -0.739. The number of nitrogens with zero attached hydrogens (tertiary/aromatic N) is 1. The largest absolute Gasteiger partial charge is 0.350 e. The second-order valence-electron chi connectivity index (χ2n) is 7.02. The first kappa shape index (κ1) is 26.3. The molecule has 1 aromatic rings. The fourth-order valence-corrected chi connectivity index (χ4v) is 3.44. The Balaban J connectivity index is 0.00000729. The number of sulfonamides is 1. The summed E-state index contributed by atoms with van der Waals surface area (Å²) in [6, 6.07) is 5.52. The number of carbonyl (C=O) groups is 2. The summed E-state index contributed by atoms with van der Waals surface area (Å²) in [4.78, 5) is 23.8. The predicted octanol–water partition coefficient (Wildman–Crippen LogP) is 0.853. The van der Waals surface area contributed by atoms with Crippen LogP contribution in [-0.2, 0) is 26.2 Å². The number of nitrogens with two attached hydrogens (primary N) is 1. The van der Waals surface area contributed by atoms with Crippen molar-refractivity contribution in [3.63, 3.8) is 0 Å². The van der Waals surface area contributed by atoms with Gasteiger partial charge in [-0.2, -0.15) is 4.31 Å². The molecule has 1 aromatic carbocycles. The van der Waals surface area contributed by atoms with Crippen molar-refractivity contribution in [3.8, 4) is 0 Å². The van der Waals surface area contributed by atoms with E-state index in [4.69, 9.17) is 5.73 Å². The minimum atomic E-state index is -3.53. The Morgan fingerprint density at radius 1 is 1.07 bits per heavy atom. The maximum absolute atomic E-state index is 12.4. The van der Waals surface area contributed by atoms with E-state index < -0.39 is 16.1 Å². The molecule has 0 saturated heterocycles. The Kier molecular flexibility index (Phi) is 10.7. The summed E-state index contributed by atoms with van der Waals surface area (Å²) in [6.07, 6.45) is 0. The number of hydrogen-bond donors (Lipinski definition) is 3. The van der Waals surface area contributed by atoms with Gasteiger partial charge >= 0.3 is 0 Å². The highest BCUT2D eigenvalue weighted by Gasteiger charge is 2.22. The molecule has 2 amide bonds. The third-order valence-corrected chi connectivity index (χ3v) is 6.31.